The Bertz CT molecular complexity index is 1360. The van der Waals surface area contributed by atoms with Crippen molar-refractivity contribution in [1.82, 2.24) is 24.6 Å². The molecule has 4 heterocycles. The number of furan rings is 1. The van der Waals surface area contributed by atoms with E-state index in [9.17, 15) is 14.0 Å². The molecule has 5 rings (SSSR count). The summed E-state index contributed by atoms with van der Waals surface area (Å²) in [6, 6.07) is 9.61. The number of halogens is 1. The number of carbonyl (C=O) groups excluding carboxylic acids is 2. The van der Waals surface area contributed by atoms with Gasteiger partial charge in [0.2, 0.25) is 5.82 Å². The van der Waals surface area contributed by atoms with E-state index >= 15 is 0 Å². The minimum atomic E-state index is -0.337. The first-order valence-corrected chi connectivity index (χ1v) is 13.7. The Balaban J connectivity index is 1.26. The van der Waals surface area contributed by atoms with Crippen LogP contribution in [0.2, 0.25) is 0 Å². The molecule has 37 heavy (non-hydrogen) atoms. The van der Waals surface area contributed by atoms with Gasteiger partial charge in [-0.1, -0.05) is 11.8 Å². The molecule has 0 N–H and O–H groups in total. The number of piperidine rings is 1. The van der Waals surface area contributed by atoms with E-state index in [-0.39, 0.29) is 23.6 Å². The van der Waals surface area contributed by atoms with Gasteiger partial charge in [0.25, 0.3) is 5.91 Å². The van der Waals surface area contributed by atoms with Gasteiger partial charge in [-0.15, -0.1) is 21.5 Å². The van der Waals surface area contributed by atoms with E-state index in [4.69, 9.17) is 9.15 Å². The third-order valence-electron chi connectivity index (χ3n) is 5.96. The van der Waals surface area contributed by atoms with E-state index in [0.717, 1.165) is 5.01 Å². The third-order valence-corrected chi connectivity index (χ3v) is 7.93. The molecule has 3 aromatic heterocycles. The molecule has 1 aliphatic rings. The second-order valence-electron chi connectivity index (χ2n) is 8.33. The van der Waals surface area contributed by atoms with Crippen molar-refractivity contribution < 1.29 is 23.1 Å². The topological polar surface area (TPSA) is 103 Å². The standard InChI is InChI=1S/C25H24FN5O4S2/c1-2-34-24(33)16-9-11-30(12-10-16)23(32)19-14-36-21(27-19)15-37-25-29-28-22(20-4-3-13-35-20)31(25)18-7-5-17(26)6-8-18/h3-8,13-14,16H,2,9-12,15H2,1H3. The molecule has 0 radical (unpaired) electrons. The number of thioether (sulfide) groups is 1. The van der Waals surface area contributed by atoms with Crippen molar-refractivity contribution in [2.45, 2.75) is 30.7 Å². The van der Waals surface area contributed by atoms with Gasteiger partial charge in [-0.25, -0.2) is 9.37 Å². The fraction of sp³-hybridized carbons (Fsp3) is 0.320. The highest BCUT2D eigenvalue weighted by atomic mass is 32.2. The summed E-state index contributed by atoms with van der Waals surface area (Å²) in [6.45, 7) is 3.15. The van der Waals surface area contributed by atoms with E-state index in [1.165, 1.54) is 35.2 Å². The fourth-order valence-corrected chi connectivity index (χ4v) is 5.83. The summed E-state index contributed by atoms with van der Waals surface area (Å²) in [4.78, 5) is 31.2. The molecule has 4 aromatic rings. The van der Waals surface area contributed by atoms with Crippen LogP contribution in [0, 0.1) is 11.7 Å². The lowest BCUT2D eigenvalue weighted by molar-refractivity contribution is -0.149. The summed E-state index contributed by atoms with van der Waals surface area (Å²) in [5.41, 5.74) is 1.09. The molecule has 1 fully saturated rings. The number of ether oxygens (including phenoxy) is 1. The molecule has 0 aliphatic carbocycles. The highest BCUT2D eigenvalue weighted by molar-refractivity contribution is 7.98. The maximum Gasteiger partial charge on any atom is 0.309 e. The van der Waals surface area contributed by atoms with Gasteiger partial charge in [0.05, 0.1) is 30.2 Å². The van der Waals surface area contributed by atoms with Crippen molar-refractivity contribution in [1.29, 1.82) is 0 Å². The number of aromatic nitrogens is 4. The van der Waals surface area contributed by atoms with Gasteiger partial charge >= 0.3 is 5.97 Å². The van der Waals surface area contributed by atoms with Crippen molar-refractivity contribution in [3.8, 4) is 17.3 Å². The number of esters is 1. The zero-order valence-corrected chi connectivity index (χ0v) is 21.6. The molecule has 1 saturated heterocycles. The predicted molar refractivity (Wildman–Crippen MR) is 136 cm³/mol. The molecule has 1 aromatic carbocycles. The second kappa shape index (κ2) is 11.3. The zero-order valence-electron chi connectivity index (χ0n) is 20.0. The molecule has 0 atom stereocenters. The smallest absolute Gasteiger partial charge is 0.309 e. The number of rotatable bonds is 8. The lowest BCUT2D eigenvalue weighted by atomic mass is 9.97. The second-order valence-corrected chi connectivity index (χ2v) is 10.2. The lowest BCUT2D eigenvalue weighted by Gasteiger charge is -2.30. The number of nitrogens with zero attached hydrogens (tertiary/aromatic N) is 5. The van der Waals surface area contributed by atoms with Crippen LogP contribution >= 0.6 is 23.1 Å². The molecule has 9 nitrogen and oxygen atoms in total. The molecular weight excluding hydrogens is 517 g/mol. The number of benzene rings is 1. The van der Waals surface area contributed by atoms with Crippen molar-refractivity contribution in [3.05, 3.63) is 64.6 Å². The van der Waals surface area contributed by atoms with E-state index in [1.54, 1.807) is 52.3 Å². The highest BCUT2D eigenvalue weighted by Gasteiger charge is 2.29. The zero-order chi connectivity index (χ0) is 25.8. The molecular formula is C25H24FN5O4S2. The Morgan fingerprint density at radius 1 is 1.19 bits per heavy atom. The van der Waals surface area contributed by atoms with Crippen molar-refractivity contribution >= 4 is 35.0 Å². The maximum atomic E-state index is 13.5. The number of hydrogen-bond acceptors (Lipinski definition) is 9. The number of amides is 1. The van der Waals surface area contributed by atoms with E-state index in [0.29, 0.717) is 66.4 Å². The molecule has 0 spiro atoms. The first-order chi connectivity index (χ1) is 18.0. The van der Waals surface area contributed by atoms with Gasteiger partial charge in [0, 0.05) is 18.5 Å². The summed E-state index contributed by atoms with van der Waals surface area (Å²) in [6.07, 6.45) is 2.74. The van der Waals surface area contributed by atoms with Crippen LogP contribution < -0.4 is 0 Å². The highest BCUT2D eigenvalue weighted by Crippen LogP contribution is 2.31. The van der Waals surface area contributed by atoms with Gasteiger partial charge in [-0.2, -0.15) is 0 Å². The minimum Gasteiger partial charge on any atom is -0.466 e. The SMILES string of the molecule is CCOC(=O)C1CCN(C(=O)c2csc(CSc3nnc(-c4ccco4)n3-c3ccc(F)cc3)n2)CC1. The van der Waals surface area contributed by atoms with Crippen LogP contribution in [-0.2, 0) is 15.3 Å². The first kappa shape index (κ1) is 25.2. The van der Waals surface area contributed by atoms with Crippen LogP contribution in [0.1, 0.15) is 35.3 Å². The molecule has 0 saturated carbocycles. The fourth-order valence-electron chi connectivity index (χ4n) is 4.09. The maximum absolute atomic E-state index is 13.5. The summed E-state index contributed by atoms with van der Waals surface area (Å²) < 4.78 is 26.0. The number of likely N-dealkylation sites (tertiary alicyclic amines) is 1. The quantitative estimate of drug-likeness (QED) is 0.231. The minimum absolute atomic E-state index is 0.135. The van der Waals surface area contributed by atoms with Crippen LogP contribution in [0.15, 0.2) is 57.6 Å². The Hall–Kier alpha value is -3.51. The van der Waals surface area contributed by atoms with Gasteiger partial charge in [-0.3, -0.25) is 14.2 Å². The van der Waals surface area contributed by atoms with Gasteiger partial charge in [0.15, 0.2) is 10.9 Å². The van der Waals surface area contributed by atoms with Crippen LogP contribution in [0.4, 0.5) is 4.39 Å². The number of hydrogen-bond donors (Lipinski definition) is 0. The molecule has 0 unspecified atom stereocenters. The third kappa shape index (κ3) is 5.59. The van der Waals surface area contributed by atoms with Gasteiger partial charge in [-0.05, 0) is 56.2 Å². The summed E-state index contributed by atoms with van der Waals surface area (Å²) >= 11 is 2.81. The number of carbonyl (C=O) groups is 2. The van der Waals surface area contributed by atoms with Crippen molar-refractivity contribution in [2.24, 2.45) is 5.92 Å². The largest absolute Gasteiger partial charge is 0.466 e. The molecule has 192 valence electrons. The van der Waals surface area contributed by atoms with Crippen molar-refractivity contribution in [2.75, 3.05) is 19.7 Å². The molecule has 0 bridgehead atoms. The van der Waals surface area contributed by atoms with Crippen LogP contribution in [0.25, 0.3) is 17.3 Å². The summed E-state index contributed by atoms with van der Waals surface area (Å²) in [7, 11) is 0. The monoisotopic (exact) mass is 541 g/mol. The predicted octanol–water partition coefficient (Wildman–Crippen LogP) is 4.83. The summed E-state index contributed by atoms with van der Waals surface area (Å²) in [5.74, 6) is 0.695. The van der Waals surface area contributed by atoms with E-state index < -0.39 is 0 Å². The lowest BCUT2D eigenvalue weighted by Crippen LogP contribution is -2.40. The Morgan fingerprint density at radius 3 is 2.68 bits per heavy atom. The Kier molecular flexibility index (Phi) is 7.65. The van der Waals surface area contributed by atoms with Crippen LogP contribution in [-0.4, -0.2) is 56.2 Å². The molecule has 1 amide bonds. The average Bonchev–Trinajstić information content (AvgIpc) is 3.69. The van der Waals surface area contributed by atoms with Crippen molar-refractivity contribution in [3.63, 3.8) is 0 Å². The number of thiazole rings is 1. The van der Waals surface area contributed by atoms with Gasteiger partial charge < -0.3 is 14.1 Å². The van der Waals surface area contributed by atoms with Gasteiger partial charge in [0.1, 0.15) is 16.5 Å². The first-order valence-electron chi connectivity index (χ1n) is 11.8. The average molecular weight is 542 g/mol. The molecule has 1 aliphatic heterocycles. The Morgan fingerprint density at radius 2 is 1.97 bits per heavy atom. The van der Waals surface area contributed by atoms with E-state index in [1.807, 2.05) is 0 Å². The van der Waals surface area contributed by atoms with Crippen LogP contribution in [0.3, 0.4) is 0 Å². The Labute approximate surface area is 220 Å². The van der Waals surface area contributed by atoms with Crippen LogP contribution in [0.5, 0.6) is 0 Å². The van der Waals surface area contributed by atoms with E-state index in [2.05, 4.69) is 15.2 Å². The molecule has 12 heteroatoms. The summed E-state index contributed by atoms with van der Waals surface area (Å²) in [5, 5.41) is 11.7. The normalized spacial score (nSPS) is 14.2.